The summed E-state index contributed by atoms with van der Waals surface area (Å²) in [5, 5.41) is 9.01. The molecule has 1 aromatic carbocycles. The van der Waals surface area contributed by atoms with Crippen molar-refractivity contribution >= 4 is 5.69 Å². The van der Waals surface area contributed by atoms with Crippen LogP contribution < -0.4 is 4.90 Å². The third-order valence-corrected chi connectivity index (χ3v) is 3.58. The third-order valence-electron chi connectivity index (χ3n) is 3.58. The molecule has 1 fully saturated rings. The van der Waals surface area contributed by atoms with Gasteiger partial charge < -0.3 is 10.0 Å². The summed E-state index contributed by atoms with van der Waals surface area (Å²) in [5.41, 5.74) is 2.29. The summed E-state index contributed by atoms with van der Waals surface area (Å²) in [6.45, 7) is 4.78. The fraction of sp³-hybridized carbons (Fsp3) is 0.571. The normalized spacial score (nSPS) is 21.1. The average Bonchev–Trinajstić information content (AvgIpc) is 2.39. The van der Waals surface area contributed by atoms with Crippen LogP contribution in [0.3, 0.4) is 0 Å². The summed E-state index contributed by atoms with van der Waals surface area (Å²) in [5.74, 6) is 0.853. The lowest BCUT2D eigenvalue weighted by Crippen LogP contribution is -2.35. The van der Waals surface area contributed by atoms with Crippen LogP contribution in [-0.4, -0.2) is 18.2 Å². The van der Waals surface area contributed by atoms with E-state index in [0.717, 1.165) is 11.5 Å². The van der Waals surface area contributed by atoms with E-state index >= 15 is 0 Å². The van der Waals surface area contributed by atoms with Crippen LogP contribution in [0.4, 0.5) is 5.69 Å². The summed E-state index contributed by atoms with van der Waals surface area (Å²) in [6, 6.07) is 8.29. The first kappa shape index (κ1) is 11.5. The Bertz CT molecular complexity index is 320. The molecule has 0 radical (unpaired) electrons. The minimum atomic E-state index is 0.137. The van der Waals surface area contributed by atoms with E-state index in [9.17, 15) is 0 Å². The number of benzene rings is 1. The van der Waals surface area contributed by atoms with Gasteiger partial charge in [0.1, 0.15) is 0 Å². The van der Waals surface area contributed by atoms with Gasteiger partial charge in [0.2, 0.25) is 0 Å². The topological polar surface area (TPSA) is 23.5 Å². The molecular formula is C14H21NO. The first-order valence-corrected chi connectivity index (χ1v) is 6.28. The predicted molar refractivity (Wildman–Crippen MR) is 67.6 cm³/mol. The van der Waals surface area contributed by atoms with Gasteiger partial charge in [-0.2, -0.15) is 0 Å². The van der Waals surface area contributed by atoms with E-state index < -0.39 is 0 Å². The molecule has 1 heterocycles. The van der Waals surface area contributed by atoms with Crippen LogP contribution in [0.1, 0.15) is 31.7 Å². The van der Waals surface area contributed by atoms with Crippen LogP contribution in [-0.2, 0) is 6.61 Å². The SMILES string of the molecule is CCC1CCCN(c2ccc(CO)cc2)C1. The van der Waals surface area contributed by atoms with E-state index in [2.05, 4.69) is 24.0 Å². The second-order valence-corrected chi connectivity index (χ2v) is 4.69. The number of hydrogen-bond acceptors (Lipinski definition) is 2. The van der Waals surface area contributed by atoms with Crippen LogP contribution in [0.2, 0.25) is 0 Å². The van der Waals surface area contributed by atoms with E-state index in [4.69, 9.17) is 5.11 Å². The second-order valence-electron chi connectivity index (χ2n) is 4.69. The highest BCUT2D eigenvalue weighted by Gasteiger charge is 2.18. The summed E-state index contributed by atoms with van der Waals surface area (Å²) in [4.78, 5) is 2.47. The van der Waals surface area contributed by atoms with E-state index in [1.54, 1.807) is 0 Å². The molecule has 0 aliphatic carbocycles. The number of piperidine rings is 1. The highest BCUT2D eigenvalue weighted by molar-refractivity contribution is 5.47. The number of hydrogen-bond donors (Lipinski definition) is 1. The van der Waals surface area contributed by atoms with Crippen molar-refractivity contribution in [2.75, 3.05) is 18.0 Å². The van der Waals surface area contributed by atoms with Crippen LogP contribution in [0.5, 0.6) is 0 Å². The van der Waals surface area contributed by atoms with Crippen molar-refractivity contribution in [1.29, 1.82) is 0 Å². The van der Waals surface area contributed by atoms with Gasteiger partial charge in [-0.1, -0.05) is 25.5 Å². The van der Waals surface area contributed by atoms with Gasteiger partial charge in [0.15, 0.2) is 0 Å². The van der Waals surface area contributed by atoms with Crippen LogP contribution in [0.15, 0.2) is 24.3 Å². The number of rotatable bonds is 3. The average molecular weight is 219 g/mol. The quantitative estimate of drug-likeness (QED) is 0.845. The summed E-state index contributed by atoms with van der Waals surface area (Å²) in [7, 11) is 0. The standard InChI is InChI=1S/C14H21NO/c1-2-12-4-3-9-15(10-12)14-7-5-13(11-16)6-8-14/h5-8,12,16H,2-4,9-11H2,1H3. The first-order valence-electron chi connectivity index (χ1n) is 6.28. The molecule has 1 aliphatic rings. The summed E-state index contributed by atoms with van der Waals surface area (Å²) < 4.78 is 0. The Morgan fingerprint density at radius 2 is 2.06 bits per heavy atom. The lowest BCUT2D eigenvalue weighted by atomic mass is 9.95. The highest BCUT2D eigenvalue weighted by Crippen LogP contribution is 2.24. The zero-order chi connectivity index (χ0) is 11.4. The largest absolute Gasteiger partial charge is 0.392 e. The second kappa shape index (κ2) is 5.35. The smallest absolute Gasteiger partial charge is 0.0681 e. The van der Waals surface area contributed by atoms with E-state index in [-0.39, 0.29) is 6.61 Å². The zero-order valence-electron chi connectivity index (χ0n) is 10.0. The molecule has 0 saturated carbocycles. The minimum Gasteiger partial charge on any atom is -0.392 e. The molecule has 1 unspecified atom stereocenters. The first-order chi connectivity index (χ1) is 7.83. The molecule has 88 valence electrons. The highest BCUT2D eigenvalue weighted by atomic mass is 16.3. The molecule has 16 heavy (non-hydrogen) atoms. The van der Waals surface area contributed by atoms with Crippen molar-refractivity contribution in [1.82, 2.24) is 0 Å². The summed E-state index contributed by atoms with van der Waals surface area (Å²) in [6.07, 6.45) is 3.97. The van der Waals surface area contributed by atoms with Gasteiger partial charge in [-0.3, -0.25) is 0 Å². The van der Waals surface area contributed by atoms with Crippen LogP contribution in [0, 0.1) is 5.92 Å². The minimum absolute atomic E-state index is 0.137. The van der Waals surface area contributed by atoms with Crippen molar-refractivity contribution in [3.05, 3.63) is 29.8 Å². The number of nitrogens with zero attached hydrogens (tertiary/aromatic N) is 1. The Morgan fingerprint density at radius 3 is 2.69 bits per heavy atom. The fourth-order valence-electron chi connectivity index (χ4n) is 2.44. The van der Waals surface area contributed by atoms with Crippen molar-refractivity contribution in [3.63, 3.8) is 0 Å². The third kappa shape index (κ3) is 2.56. The number of aliphatic hydroxyl groups is 1. The maximum absolute atomic E-state index is 9.01. The molecule has 1 atom stereocenters. The fourth-order valence-corrected chi connectivity index (χ4v) is 2.44. The van der Waals surface area contributed by atoms with Crippen molar-refractivity contribution < 1.29 is 5.11 Å². The van der Waals surface area contributed by atoms with E-state index in [1.807, 2.05) is 12.1 Å². The monoisotopic (exact) mass is 219 g/mol. The lowest BCUT2D eigenvalue weighted by molar-refractivity contribution is 0.282. The Balaban J connectivity index is 2.05. The number of aliphatic hydroxyl groups excluding tert-OH is 1. The van der Waals surface area contributed by atoms with Gasteiger partial charge in [-0.05, 0) is 36.5 Å². The van der Waals surface area contributed by atoms with Crippen molar-refractivity contribution in [2.24, 2.45) is 5.92 Å². The maximum atomic E-state index is 9.01. The van der Waals surface area contributed by atoms with Gasteiger partial charge in [0.25, 0.3) is 0 Å². The predicted octanol–water partition coefficient (Wildman–Crippen LogP) is 2.81. The van der Waals surface area contributed by atoms with Crippen LogP contribution >= 0.6 is 0 Å². The molecular weight excluding hydrogens is 198 g/mol. The van der Waals surface area contributed by atoms with E-state index in [0.29, 0.717) is 0 Å². The molecule has 1 aromatic rings. The van der Waals surface area contributed by atoms with E-state index in [1.165, 1.54) is 38.0 Å². The molecule has 0 bridgehead atoms. The molecule has 0 aromatic heterocycles. The van der Waals surface area contributed by atoms with Gasteiger partial charge in [0, 0.05) is 18.8 Å². The van der Waals surface area contributed by atoms with Crippen molar-refractivity contribution in [3.8, 4) is 0 Å². The zero-order valence-corrected chi connectivity index (χ0v) is 10.0. The molecule has 1 saturated heterocycles. The molecule has 2 nitrogen and oxygen atoms in total. The maximum Gasteiger partial charge on any atom is 0.0681 e. The molecule has 1 N–H and O–H groups in total. The van der Waals surface area contributed by atoms with Gasteiger partial charge in [-0.15, -0.1) is 0 Å². The molecule has 1 aliphatic heterocycles. The van der Waals surface area contributed by atoms with Gasteiger partial charge in [0.05, 0.1) is 6.61 Å². The summed E-state index contributed by atoms with van der Waals surface area (Å²) >= 11 is 0. The Morgan fingerprint density at radius 1 is 1.31 bits per heavy atom. The molecule has 2 heteroatoms. The van der Waals surface area contributed by atoms with Crippen molar-refractivity contribution in [2.45, 2.75) is 32.8 Å². The molecule has 0 amide bonds. The Hall–Kier alpha value is -1.02. The Labute approximate surface area is 97.9 Å². The van der Waals surface area contributed by atoms with Gasteiger partial charge >= 0.3 is 0 Å². The molecule has 0 spiro atoms. The van der Waals surface area contributed by atoms with Crippen LogP contribution in [0.25, 0.3) is 0 Å². The number of anilines is 1. The van der Waals surface area contributed by atoms with Gasteiger partial charge in [-0.25, -0.2) is 0 Å². The Kier molecular flexibility index (Phi) is 3.83. The lowest BCUT2D eigenvalue weighted by Gasteiger charge is -2.34. The molecule has 2 rings (SSSR count).